The van der Waals surface area contributed by atoms with Crippen LogP contribution in [0, 0.1) is 20.8 Å². The number of allylic oxidation sites excluding steroid dienone is 6. The van der Waals surface area contributed by atoms with Gasteiger partial charge >= 0.3 is 0 Å². The molecule has 35 heavy (non-hydrogen) atoms. The summed E-state index contributed by atoms with van der Waals surface area (Å²) in [7, 11) is -0.801. The maximum absolute atomic E-state index is 12.5. The molecule has 1 atom stereocenters. The van der Waals surface area contributed by atoms with Crippen molar-refractivity contribution in [2.45, 2.75) is 119 Å². The zero-order valence-electron chi connectivity index (χ0n) is 23.8. The van der Waals surface area contributed by atoms with Gasteiger partial charge in [-0.2, -0.15) is 0 Å². The molecule has 0 aromatic heterocycles. The molecule has 0 bridgehead atoms. The van der Waals surface area contributed by atoms with Gasteiger partial charge in [-0.25, -0.2) is 4.39 Å². The molecule has 2 nitrogen and oxygen atoms in total. The van der Waals surface area contributed by atoms with Crippen molar-refractivity contribution in [1.82, 2.24) is 0 Å². The molecule has 195 valence electrons. The highest BCUT2D eigenvalue weighted by atomic mass is 28.3. The van der Waals surface area contributed by atoms with E-state index in [0.29, 0.717) is 0 Å². The largest absolute Gasteiger partial charge is 0.542 e. The van der Waals surface area contributed by atoms with Crippen LogP contribution in [-0.2, 0) is 6.42 Å². The molecule has 1 aromatic carbocycles. The second-order valence-corrected chi connectivity index (χ2v) is 13.0. The fourth-order valence-corrected chi connectivity index (χ4v) is 5.50. The van der Waals surface area contributed by atoms with Gasteiger partial charge in [-0.05, 0) is 135 Å². The number of fused-ring (bicyclic) bond motifs is 1. The zero-order chi connectivity index (χ0) is 26.2. The first-order chi connectivity index (χ1) is 16.5. The van der Waals surface area contributed by atoms with Crippen LogP contribution >= 0.6 is 0 Å². The van der Waals surface area contributed by atoms with Crippen LogP contribution in [0.25, 0.3) is 0 Å². The van der Waals surface area contributed by atoms with Crippen molar-refractivity contribution >= 4 is 9.04 Å². The molecule has 0 saturated heterocycles. The van der Waals surface area contributed by atoms with Crippen LogP contribution in [0.2, 0.25) is 13.1 Å². The van der Waals surface area contributed by atoms with Crippen molar-refractivity contribution < 1.29 is 13.6 Å². The maximum Gasteiger partial charge on any atom is 0.274 e. The third-order valence-corrected chi connectivity index (χ3v) is 7.92. The second-order valence-electron chi connectivity index (χ2n) is 11.0. The number of rotatable bonds is 12. The lowest BCUT2D eigenvalue weighted by Crippen LogP contribution is -2.37. The normalized spacial score (nSPS) is 19.1. The van der Waals surface area contributed by atoms with Crippen LogP contribution in [0.5, 0.6) is 11.5 Å². The van der Waals surface area contributed by atoms with E-state index in [0.717, 1.165) is 68.4 Å². The van der Waals surface area contributed by atoms with Crippen LogP contribution in [0.4, 0.5) is 4.39 Å². The average molecular weight is 500 g/mol. The van der Waals surface area contributed by atoms with Gasteiger partial charge in [0.2, 0.25) is 0 Å². The van der Waals surface area contributed by atoms with Gasteiger partial charge in [0.1, 0.15) is 23.8 Å². The van der Waals surface area contributed by atoms with Crippen LogP contribution in [0.1, 0.15) is 94.9 Å². The maximum atomic E-state index is 12.5. The third-order valence-electron chi connectivity index (χ3n) is 7.31. The molecule has 2 rings (SSSR count). The van der Waals surface area contributed by atoms with Crippen LogP contribution < -0.4 is 9.16 Å². The second kappa shape index (κ2) is 13.5. The van der Waals surface area contributed by atoms with Gasteiger partial charge in [0.25, 0.3) is 9.04 Å². The van der Waals surface area contributed by atoms with E-state index in [1.807, 2.05) is 13.0 Å². The molecule has 0 aliphatic carbocycles. The van der Waals surface area contributed by atoms with Crippen molar-refractivity contribution in [2.24, 2.45) is 0 Å². The molecule has 1 aliphatic heterocycles. The Kier molecular flexibility index (Phi) is 11.3. The summed E-state index contributed by atoms with van der Waals surface area (Å²) in [6, 6.07) is 0. The minimum Gasteiger partial charge on any atom is -0.542 e. The smallest absolute Gasteiger partial charge is 0.274 e. The molecule has 0 amide bonds. The van der Waals surface area contributed by atoms with Gasteiger partial charge in [-0.15, -0.1) is 0 Å². The minimum atomic E-state index is -0.801. The summed E-state index contributed by atoms with van der Waals surface area (Å²) in [6.07, 6.45) is 15.0. The standard InChI is InChI=1S/C31H48FO2Si/c1-22(15-11-16-24(3)21-32)13-10-14-23(2)17-12-19-31(7)20-18-28-27(6)29(34-35(8)9)25(4)26(5)30(28)33-31/h13,16-17H,10-12,14-15,18-21H2,1-9H3/b22-13+,23-17+,24-16?/t31-/m1/s1. The zero-order valence-corrected chi connectivity index (χ0v) is 24.8. The first-order valence-corrected chi connectivity index (χ1v) is 15.7. The molecule has 0 spiro atoms. The SMILES string of the molecule is CC(=CCC/C(C)=C/CC/C(C)=C/CC[C@]1(C)CCc2c(C)c(O[Si](C)C)c(C)c(C)c2O1)CF. The summed E-state index contributed by atoms with van der Waals surface area (Å²) >= 11 is 0. The molecule has 1 radical (unpaired) electrons. The van der Waals surface area contributed by atoms with Gasteiger partial charge in [-0.1, -0.05) is 29.4 Å². The fraction of sp³-hybridized carbons (Fsp3) is 0.613. The van der Waals surface area contributed by atoms with E-state index in [1.165, 1.54) is 33.4 Å². The van der Waals surface area contributed by atoms with Crippen molar-refractivity contribution in [3.05, 3.63) is 57.2 Å². The summed E-state index contributed by atoms with van der Waals surface area (Å²) in [6.45, 7) is 19.1. The summed E-state index contributed by atoms with van der Waals surface area (Å²) < 4.78 is 25.5. The lowest BCUT2D eigenvalue weighted by molar-refractivity contribution is 0.0559. The number of ether oxygens (including phenoxy) is 1. The summed E-state index contributed by atoms with van der Waals surface area (Å²) in [5.74, 6) is 2.18. The molecule has 1 heterocycles. The van der Waals surface area contributed by atoms with E-state index in [1.54, 1.807) is 0 Å². The Hall–Kier alpha value is -1.81. The number of halogens is 1. The quantitative estimate of drug-likeness (QED) is 0.210. The number of hydrogen-bond donors (Lipinski definition) is 0. The Balaban J connectivity index is 1.92. The summed E-state index contributed by atoms with van der Waals surface area (Å²) in [5, 5.41) is 0. The van der Waals surface area contributed by atoms with Crippen molar-refractivity contribution in [3.63, 3.8) is 0 Å². The van der Waals surface area contributed by atoms with E-state index < -0.39 is 9.04 Å². The van der Waals surface area contributed by atoms with Crippen molar-refractivity contribution in [3.8, 4) is 11.5 Å². The fourth-order valence-electron chi connectivity index (χ4n) is 4.79. The molecule has 0 N–H and O–H groups in total. The Labute approximate surface area is 216 Å². The van der Waals surface area contributed by atoms with E-state index >= 15 is 0 Å². The van der Waals surface area contributed by atoms with E-state index in [-0.39, 0.29) is 12.3 Å². The van der Waals surface area contributed by atoms with Gasteiger partial charge in [-0.3, -0.25) is 0 Å². The van der Waals surface area contributed by atoms with Crippen LogP contribution in [-0.4, -0.2) is 21.3 Å². The lowest BCUT2D eigenvalue weighted by atomic mass is 9.85. The highest BCUT2D eigenvalue weighted by molar-refractivity contribution is 6.49. The number of alkyl halides is 1. The molecule has 0 unspecified atom stereocenters. The predicted octanol–water partition coefficient (Wildman–Crippen LogP) is 9.47. The Morgan fingerprint density at radius 3 is 2.06 bits per heavy atom. The monoisotopic (exact) mass is 499 g/mol. The van der Waals surface area contributed by atoms with Crippen LogP contribution in [0.15, 0.2) is 34.9 Å². The van der Waals surface area contributed by atoms with Crippen molar-refractivity contribution in [1.29, 1.82) is 0 Å². The Morgan fingerprint density at radius 1 is 0.914 bits per heavy atom. The van der Waals surface area contributed by atoms with Gasteiger partial charge < -0.3 is 9.16 Å². The van der Waals surface area contributed by atoms with E-state index in [9.17, 15) is 4.39 Å². The molecule has 1 aromatic rings. The first kappa shape index (κ1) is 29.4. The summed E-state index contributed by atoms with van der Waals surface area (Å²) in [5.41, 5.74) is 8.63. The molecule has 4 heteroatoms. The van der Waals surface area contributed by atoms with Gasteiger partial charge in [0.15, 0.2) is 0 Å². The van der Waals surface area contributed by atoms with Gasteiger partial charge in [0, 0.05) is 5.56 Å². The Morgan fingerprint density at radius 2 is 1.49 bits per heavy atom. The Bertz CT molecular complexity index is 957. The molecular formula is C31H48FO2Si. The van der Waals surface area contributed by atoms with Crippen molar-refractivity contribution in [2.75, 3.05) is 6.67 Å². The number of benzene rings is 1. The highest BCUT2D eigenvalue weighted by Crippen LogP contribution is 2.45. The van der Waals surface area contributed by atoms with Gasteiger partial charge in [0.05, 0.1) is 0 Å². The molecule has 1 aliphatic rings. The topological polar surface area (TPSA) is 18.5 Å². The third kappa shape index (κ3) is 8.66. The van der Waals surface area contributed by atoms with Crippen LogP contribution in [0.3, 0.4) is 0 Å². The first-order valence-electron chi connectivity index (χ1n) is 13.3. The number of hydrogen-bond acceptors (Lipinski definition) is 2. The van der Waals surface area contributed by atoms with E-state index in [4.69, 9.17) is 9.16 Å². The molecule has 0 fully saturated rings. The highest BCUT2D eigenvalue weighted by Gasteiger charge is 2.34. The predicted molar refractivity (Wildman–Crippen MR) is 151 cm³/mol. The molecular weight excluding hydrogens is 451 g/mol. The summed E-state index contributed by atoms with van der Waals surface area (Å²) in [4.78, 5) is 0. The lowest BCUT2D eigenvalue weighted by Gasteiger charge is -2.38. The molecule has 0 saturated carbocycles. The van der Waals surface area contributed by atoms with E-state index in [2.05, 4.69) is 66.8 Å². The minimum absolute atomic E-state index is 0.123. The average Bonchev–Trinajstić information content (AvgIpc) is 2.80.